The number of aromatic amines is 1. The highest BCUT2D eigenvalue weighted by Gasteiger charge is 2.08. The number of nitriles is 1. The maximum absolute atomic E-state index is 11.4. The van der Waals surface area contributed by atoms with Crippen molar-refractivity contribution in [3.63, 3.8) is 0 Å². The molecule has 0 fully saturated rings. The maximum atomic E-state index is 11.4. The minimum Gasteiger partial charge on any atom is -0.360 e. The van der Waals surface area contributed by atoms with Crippen LogP contribution in [0.2, 0.25) is 0 Å². The number of carbonyl (C=O) groups is 1. The summed E-state index contributed by atoms with van der Waals surface area (Å²) in [6.45, 7) is 1.48. The van der Waals surface area contributed by atoms with Crippen molar-refractivity contribution in [3.8, 4) is 6.07 Å². The second-order valence-electron chi connectivity index (χ2n) is 3.65. The van der Waals surface area contributed by atoms with Gasteiger partial charge in [-0.1, -0.05) is 12.1 Å². The number of ketones is 1. The highest BCUT2D eigenvalue weighted by atomic mass is 16.1. The number of nitrogens with zero attached hydrogens (tertiary/aromatic N) is 4. The maximum Gasteiger partial charge on any atom is 0.216 e. The SMILES string of the molecule is CC(=O)c1ccccc1NC=C(C#N)c1nn[nH]n1. The lowest BCUT2D eigenvalue weighted by atomic mass is 10.1. The Balaban J connectivity index is 2.27. The van der Waals surface area contributed by atoms with Crippen molar-refractivity contribution in [2.75, 3.05) is 5.32 Å². The van der Waals surface area contributed by atoms with Crippen LogP contribution in [0.25, 0.3) is 5.57 Å². The fourth-order valence-corrected chi connectivity index (χ4v) is 1.49. The molecule has 0 aliphatic heterocycles. The molecular formula is C12H10N6O. The molecule has 0 bridgehead atoms. The number of Topliss-reactive ketones (excluding diaryl/α,β-unsaturated/α-hetero) is 1. The Morgan fingerprint density at radius 1 is 1.47 bits per heavy atom. The Bertz CT molecular complexity index is 653. The van der Waals surface area contributed by atoms with Gasteiger partial charge in [0.1, 0.15) is 11.6 Å². The number of H-pyrrole nitrogens is 1. The van der Waals surface area contributed by atoms with Gasteiger partial charge in [0.2, 0.25) is 5.82 Å². The van der Waals surface area contributed by atoms with Gasteiger partial charge in [-0.2, -0.15) is 10.5 Å². The van der Waals surface area contributed by atoms with E-state index in [0.29, 0.717) is 11.3 Å². The van der Waals surface area contributed by atoms with E-state index >= 15 is 0 Å². The van der Waals surface area contributed by atoms with Gasteiger partial charge in [0.25, 0.3) is 0 Å². The first-order valence-electron chi connectivity index (χ1n) is 5.43. The predicted molar refractivity (Wildman–Crippen MR) is 67.8 cm³/mol. The van der Waals surface area contributed by atoms with Crippen LogP contribution in [-0.2, 0) is 0 Å². The lowest BCUT2D eigenvalue weighted by Crippen LogP contribution is -2.00. The molecule has 19 heavy (non-hydrogen) atoms. The molecule has 0 aliphatic rings. The van der Waals surface area contributed by atoms with Gasteiger partial charge in [-0.05, 0) is 24.3 Å². The van der Waals surface area contributed by atoms with Gasteiger partial charge in [0.15, 0.2) is 5.78 Å². The number of hydrogen-bond acceptors (Lipinski definition) is 6. The van der Waals surface area contributed by atoms with Crippen LogP contribution in [-0.4, -0.2) is 26.4 Å². The molecule has 2 rings (SSSR count). The first-order chi connectivity index (χ1) is 9.22. The highest BCUT2D eigenvalue weighted by molar-refractivity contribution is 5.99. The minimum absolute atomic E-state index is 0.0606. The van der Waals surface area contributed by atoms with E-state index in [2.05, 4.69) is 25.9 Å². The molecule has 7 nitrogen and oxygen atoms in total. The molecule has 94 valence electrons. The summed E-state index contributed by atoms with van der Waals surface area (Å²) in [5.41, 5.74) is 1.38. The Morgan fingerprint density at radius 3 is 2.89 bits per heavy atom. The molecule has 0 atom stereocenters. The lowest BCUT2D eigenvalue weighted by Gasteiger charge is -2.06. The largest absolute Gasteiger partial charge is 0.360 e. The standard InChI is InChI=1S/C12H10N6O/c1-8(19)10-4-2-3-5-11(10)14-7-9(6-13)12-15-17-18-16-12/h2-5,7,14H,1H3,(H,15,16,17,18). The first kappa shape index (κ1) is 12.4. The molecule has 7 heteroatoms. The predicted octanol–water partition coefficient (Wildman–Crippen LogP) is 1.38. The summed E-state index contributed by atoms with van der Waals surface area (Å²) in [6, 6.07) is 8.98. The van der Waals surface area contributed by atoms with Gasteiger partial charge in [0.05, 0.1) is 0 Å². The molecule has 1 aromatic carbocycles. The molecule has 0 aliphatic carbocycles. The van der Waals surface area contributed by atoms with Gasteiger partial charge in [-0.25, -0.2) is 0 Å². The summed E-state index contributed by atoms with van der Waals surface area (Å²) in [4.78, 5) is 11.4. The van der Waals surface area contributed by atoms with E-state index < -0.39 is 0 Å². The Morgan fingerprint density at radius 2 is 2.26 bits per heavy atom. The fourth-order valence-electron chi connectivity index (χ4n) is 1.49. The zero-order valence-corrected chi connectivity index (χ0v) is 10.1. The number of hydrogen-bond donors (Lipinski definition) is 2. The van der Waals surface area contributed by atoms with E-state index in [4.69, 9.17) is 5.26 Å². The first-order valence-corrected chi connectivity index (χ1v) is 5.43. The number of tetrazole rings is 1. The molecule has 0 unspecified atom stereocenters. The van der Waals surface area contributed by atoms with E-state index in [1.165, 1.54) is 13.1 Å². The van der Waals surface area contributed by atoms with Crippen LogP contribution in [0.15, 0.2) is 30.5 Å². The fraction of sp³-hybridized carbons (Fsp3) is 0.0833. The Kier molecular flexibility index (Phi) is 3.64. The smallest absolute Gasteiger partial charge is 0.216 e. The Labute approximate surface area is 109 Å². The third-order valence-corrected chi connectivity index (χ3v) is 2.39. The third kappa shape index (κ3) is 2.81. The average molecular weight is 254 g/mol. The van der Waals surface area contributed by atoms with Crippen molar-refractivity contribution in [3.05, 3.63) is 41.9 Å². The summed E-state index contributed by atoms with van der Waals surface area (Å²) in [5, 5.41) is 25.0. The van der Waals surface area contributed by atoms with Gasteiger partial charge in [0, 0.05) is 17.5 Å². The Hall–Kier alpha value is -3.01. The summed E-state index contributed by atoms with van der Waals surface area (Å²) in [7, 11) is 0. The van der Waals surface area contributed by atoms with Crippen molar-refractivity contribution in [2.45, 2.75) is 6.92 Å². The summed E-state index contributed by atoms with van der Waals surface area (Å²) < 4.78 is 0. The molecule has 0 amide bonds. The van der Waals surface area contributed by atoms with Gasteiger partial charge in [-0.15, -0.1) is 10.2 Å². The molecule has 2 N–H and O–H groups in total. The van der Waals surface area contributed by atoms with Crippen molar-refractivity contribution < 1.29 is 4.79 Å². The minimum atomic E-state index is -0.0606. The normalized spacial score (nSPS) is 10.8. The molecule has 0 spiro atoms. The highest BCUT2D eigenvalue weighted by Crippen LogP contribution is 2.16. The van der Waals surface area contributed by atoms with Crippen LogP contribution < -0.4 is 5.32 Å². The number of aromatic nitrogens is 4. The average Bonchev–Trinajstić information content (AvgIpc) is 2.94. The van der Waals surface area contributed by atoms with E-state index in [9.17, 15) is 4.79 Å². The van der Waals surface area contributed by atoms with Crippen LogP contribution in [0.3, 0.4) is 0 Å². The second-order valence-corrected chi connectivity index (χ2v) is 3.65. The van der Waals surface area contributed by atoms with Crippen molar-refractivity contribution >= 4 is 17.0 Å². The van der Waals surface area contributed by atoms with E-state index in [0.717, 1.165) is 0 Å². The zero-order chi connectivity index (χ0) is 13.7. The van der Waals surface area contributed by atoms with Crippen LogP contribution in [0.5, 0.6) is 0 Å². The lowest BCUT2D eigenvalue weighted by molar-refractivity contribution is 0.101. The monoisotopic (exact) mass is 254 g/mol. The number of anilines is 1. The van der Waals surface area contributed by atoms with Crippen LogP contribution >= 0.6 is 0 Å². The van der Waals surface area contributed by atoms with Crippen LogP contribution in [0.4, 0.5) is 5.69 Å². The van der Waals surface area contributed by atoms with Gasteiger partial charge < -0.3 is 5.32 Å². The summed E-state index contributed by atoms with van der Waals surface area (Å²) in [5.74, 6) is 0.130. The van der Waals surface area contributed by atoms with Crippen LogP contribution in [0.1, 0.15) is 23.1 Å². The zero-order valence-electron chi connectivity index (χ0n) is 10.1. The van der Waals surface area contributed by atoms with Gasteiger partial charge >= 0.3 is 0 Å². The number of para-hydroxylation sites is 1. The van der Waals surface area contributed by atoms with Crippen LogP contribution in [0, 0.1) is 11.3 Å². The van der Waals surface area contributed by atoms with Crippen molar-refractivity contribution in [2.24, 2.45) is 0 Å². The van der Waals surface area contributed by atoms with Crippen molar-refractivity contribution in [1.82, 2.24) is 20.6 Å². The van der Waals surface area contributed by atoms with Gasteiger partial charge in [-0.3, -0.25) is 4.79 Å². The number of nitrogens with one attached hydrogen (secondary N) is 2. The molecule has 0 radical (unpaired) electrons. The number of benzene rings is 1. The van der Waals surface area contributed by atoms with E-state index in [1.807, 2.05) is 6.07 Å². The topological polar surface area (TPSA) is 107 Å². The van der Waals surface area contributed by atoms with E-state index in [1.54, 1.807) is 24.3 Å². The quantitative estimate of drug-likeness (QED) is 0.630. The molecule has 1 heterocycles. The summed E-state index contributed by atoms with van der Waals surface area (Å²) in [6.07, 6.45) is 1.44. The molecule has 1 aromatic heterocycles. The second kappa shape index (κ2) is 5.55. The summed E-state index contributed by atoms with van der Waals surface area (Å²) >= 11 is 0. The number of carbonyl (C=O) groups excluding carboxylic acids is 1. The van der Waals surface area contributed by atoms with Crippen molar-refractivity contribution in [1.29, 1.82) is 5.26 Å². The number of rotatable bonds is 4. The molecule has 0 saturated heterocycles. The number of allylic oxidation sites excluding steroid dienone is 1. The molecule has 0 saturated carbocycles. The third-order valence-electron chi connectivity index (χ3n) is 2.39. The molecular weight excluding hydrogens is 244 g/mol. The molecule has 2 aromatic rings. The van der Waals surface area contributed by atoms with E-state index in [-0.39, 0.29) is 17.2 Å².